The van der Waals surface area contributed by atoms with Crippen molar-refractivity contribution in [1.82, 2.24) is 10.3 Å². The van der Waals surface area contributed by atoms with Crippen molar-refractivity contribution in [3.63, 3.8) is 0 Å². The Balaban J connectivity index is 1.79. The van der Waals surface area contributed by atoms with Crippen molar-refractivity contribution in [2.45, 2.75) is 32.2 Å². The minimum atomic E-state index is -0.300. The number of aromatic nitrogens is 1. The van der Waals surface area contributed by atoms with Gasteiger partial charge in [0.15, 0.2) is 0 Å². The van der Waals surface area contributed by atoms with Crippen LogP contribution in [0.2, 0.25) is 0 Å². The summed E-state index contributed by atoms with van der Waals surface area (Å²) in [6.45, 7) is 0.457. The number of carbonyl (C=O) groups is 1. The number of aryl methyl sites for hydroxylation is 2. The van der Waals surface area contributed by atoms with Gasteiger partial charge in [-0.15, -0.1) is 0 Å². The second-order valence-electron chi connectivity index (χ2n) is 5.04. The Kier molecular flexibility index (Phi) is 3.69. The summed E-state index contributed by atoms with van der Waals surface area (Å²) in [6.07, 6.45) is 4.07. The van der Waals surface area contributed by atoms with E-state index in [4.69, 9.17) is 0 Å². The first-order valence-corrected chi connectivity index (χ1v) is 7.72. The number of hydrogen-bond donors (Lipinski definition) is 2. The Morgan fingerprint density at radius 1 is 1.35 bits per heavy atom. The van der Waals surface area contributed by atoms with Crippen molar-refractivity contribution in [3.8, 4) is 0 Å². The zero-order valence-corrected chi connectivity index (χ0v) is 11.9. The average molecular weight is 288 g/mol. The predicted molar refractivity (Wildman–Crippen MR) is 79.2 cm³/mol. The number of nitrogens with one attached hydrogen (secondary N) is 2. The van der Waals surface area contributed by atoms with Gasteiger partial charge in [0.2, 0.25) is 0 Å². The fraction of sp³-hybridized carbons (Fsp3) is 0.333. The highest BCUT2D eigenvalue weighted by molar-refractivity contribution is 7.07. The first-order valence-electron chi connectivity index (χ1n) is 6.78. The molecule has 20 heavy (non-hydrogen) atoms. The van der Waals surface area contributed by atoms with Gasteiger partial charge in [-0.2, -0.15) is 11.3 Å². The van der Waals surface area contributed by atoms with Crippen LogP contribution in [0.5, 0.6) is 0 Å². The van der Waals surface area contributed by atoms with Crippen LogP contribution in [-0.2, 0) is 19.4 Å². The van der Waals surface area contributed by atoms with Crippen molar-refractivity contribution in [2.75, 3.05) is 0 Å². The van der Waals surface area contributed by atoms with Crippen LogP contribution in [-0.4, -0.2) is 10.9 Å². The number of thiophene rings is 1. The largest absolute Gasteiger partial charge is 0.348 e. The highest BCUT2D eigenvalue weighted by Crippen LogP contribution is 2.18. The molecule has 0 aliphatic heterocycles. The lowest BCUT2D eigenvalue weighted by Crippen LogP contribution is -2.30. The van der Waals surface area contributed by atoms with E-state index in [1.807, 2.05) is 16.8 Å². The van der Waals surface area contributed by atoms with E-state index in [0.717, 1.165) is 42.5 Å². The summed E-state index contributed by atoms with van der Waals surface area (Å²) in [5.41, 5.74) is 3.10. The first kappa shape index (κ1) is 13.1. The van der Waals surface area contributed by atoms with E-state index >= 15 is 0 Å². The molecule has 5 heteroatoms. The normalized spacial score (nSPS) is 13.8. The van der Waals surface area contributed by atoms with Crippen LogP contribution in [0.15, 0.2) is 27.7 Å². The van der Waals surface area contributed by atoms with Gasteiger partial charge in [0.1, 0.15) is 5.56 Å². The van der Waals surface area contributed by atoms with Gasteiger partial charge in [0.25, 0.3) is 11.5 Å². The van der Waals surface area contributed by atoms with Gasteiger partial charge in [0, 0.05) is 12.2 Å². The molecule has 0 bridgehead atoms. The number of H-pyrrole nitrogens is 1. The maximum Gasteiger partial charge on any atom is 0.261 e. The first-order chi connectivity index (χ1) is 9.74. The maximum atomic E-state index is 12.1. The SMILES string of the molecule is O=C(NCc1ccsc1)c1cc2c([nH]c1=O)CCCC2. The van der Waals surface area contributed by atoms with Gasteiger partial charge in [0.05, 0.1) is 0 Å². The molecule has 2 N–H and O–H groups in total. The molecular weight excluding hydrogens is 272 g/mol. The van der Waals surface area contributed by atoms with Crippen molar-refractivity contribution >= 4 is 17.2 Å². The number of hydrogen-bond acceptors (Lipinski definition) is 3. The predicted octanol–water partition coefficient (Wildman–Crippen LogP) is 2.25. The van der Waals surface area contributed by atoms with Gasteiger partial charge >= 0.3 is 0 Å². The summed E-state index contributed by atoms with van der Waals surface area (Å²) in [7, 11) is 0. The standard InChI is InChI=1S/C15H16N2O2S/c18-14(16-8-10-5-6-20-9-10)12-7-11-3-1-2-4-13(11)17-15(12)19/h5-7,9H,1-4,8H2,(H,16,18)(H,17,19). The van der Waals surface area contributed by atoms with Crippen molar-refractivity contribution in [3.05, 3.63) is 55.6 Å². The van der Waals surface area contributed by atoms with E-state index in [1.54, 1.807) is 17.4 Å². The molecule has 3 rings (SSSR count). The third-order valence-electron chi connectivity index (χ3n) is 3.62. The molecule has 1 aliphatic rings. The topological polar surface area (TPSA) is 62.0 Å². The molecule has 104 valence electrons. The summed E-state index contributed by atoms with van der Waals surface area (Å²) in [5, 5.41) is 6.75. The number of fused-ring (bicyclic) bond motifs is 1. The average Bonchev–Trinajstić information content (AvgIpc) is 2.97. The summed E-state index contributed by atoms with van der Waals surface area (Å²) < 4.78 is 0. The highest BCUT2D eigenvalue weighted by Gasteiger charge is 2.16. The van der Waals surface area contributed by atoms with Crippen molar-refractivity contribution in [1.29, 1.82) is 0 Å². The molecule has 1 amide bonds. The molecule has 0 saturated carbocycles. The Labute approximate surface area is 120 Å². The molecule has 0 saturated heterocycles. The lowest BCUT2D eigenvalue weighted by molar-refractivity contribution is 0.0949. The van der Waals surface area contributed by atoms with Gasteiger partial charge in [-0.05, 0) is 59.7 Å². The van der Waals surface area contributed by atoms with Gasteiger partial charge in [-0.3, -0.25) is 9.59 Å². The number of rotatable bonds is 3. The second kappa shape index (κ2) is 5.63. The van der Waals surface area contributed by atoms with Crippen LogP contribution >= 0.6 is 11.3 Å². The molecule has 2 heterocycles. The zero-order valence-electron chi connectivity index (χ0n) is 11.1. The van der Waals surface area contributed by atoms with Crippen LogP contribution in [0.4, 0.5) is 0 Å². The fourth-order valence-corrected chi connectivity index (χ4v) is 3.18. The highest BCUT2D eigenvalue weighted by atomic mass is 32.1. The minimum absolute atomic E-state index is 0.223. The Bertz CT molecular complexity index is 674. The Morgan fingerprint density at radius 3 is 3.00 bits per heavy atom. The number of carbonyl (C=O) groups excluding carboxylic acids is 1. The molecule has 0 aromatic carbocycles. The monoisotopic (exact) mass is 288 g/mol. The quantitative estimate of drug-likeness (QED) is 0.910. The van der Waals surface area contributed by atoms with Crippen LogP contribution in [0, 0.1) is 0 Å². The second-order valence-corrected chi connectivity index (χ2v) is 5.82. The molecule has 2 aromatic heterocycles. The molecule has 2 aromatic rings. The van der Waals surface area contributed by atoms with Gasteiger partial charge in [-0.25, -0.2) is 0 Å². The lowest BCUT2D eigenvalue weighted by atomic mass is 9.95. The number of amides is 1. The lowest BCUT2D eigenvalue weighted by Gasteiger charge is -2.15. The molecule has 0 atom stereocenters. The Hall–Kier alpha value is -1.88. The van der Waals surface area contributed by atoms with Crippen LogP contribution in [0.1, 0.15) is 40.0 Å². The molecule has 0 fully saturated rings. The summed E-state index contributed by atoms with van der Waals surface area (Å²) >= 11 is 1.59. The van der Waals surface area contributed by atoms with E-state index in [-0.39, 0.29) is 17.0 Å². The van der Waals surface area contributed by atoms with Crippen LogP contribution < -0.4 is 10.9 Å². The fourth-order valence-electron chi connectivity index (χ4n) is 2.51. The van der Waals surface area contributed by atoms with Gasteiger partial charge < -0.3 is 10.3 Å². The minimum Gasteiger partial charge on any atom is -0.348 e. The summed E-state index contributed by atoms with van der Waals surface area (Å²) in [6, 6.07) is 3.72. The molecule has 0 unspecified atom stereocenters. The Morgan fingerprint density at radius 2 is 2.20 bits per heavy atom. The van der Waals surface area contributed by atoms with Crippen molar-refractivity contribution in [2.24, 2.45) is 0 Å². The molecule has 1 aliphatic carbocycles. The molecular formula is C15H16N2O2S. The molecule has 4 nitrogen and oxygen atoms in total. The summed E-state index contributed by atoms with van der Waals surface area (Å²) in [4.78, 5) is 27.0. The van der Waals surface area contributed by atoms with E-state index in [2.05, 4.69) is 10.3 Å². The van der Waals surface area contributed by atoms with Crippen LogP contribution in [0.25, 0.3) is 0 Å². The smallest absolute Gasteiger partial charge is 0.261 e. The molecule has 0 radical (unpaired) electrons. The third-order valence-corrected chi connectivity index (χ3v) is 4.35. The van der Waals surface area contributed by atoms with Crippen LogP contribution in [0.3, 0.4) is 0 Å². The maximum absolute atomic E-state index is 12.1. The third kappa shape index (κ3) is 2.67. The van der Waals surface area contributed by atoms with E-state index < -0.39 is 0 Å². The van der Waals surface area contributed by atoms with E-state index in [9.17, 15) is 9.59 Å². The number of pyridine rings is 1. The van der Waals surface area contributed by atoms with E-state index in [1.165, 1.54) is 0 Å². The molecule has 0 spiro atoms. The summed E-state index contributed by atoms with van der Waals surface area (Å²) in [5.74, 6) is -0.300. The zero-order chi connectivity index (χ0) is 13.9. The van der Waals surface area contributed by atoms with Gasteiger partial charge in [-0.1, -0.05) is 0 Å². The van der Waals surface area contributed by atoms with E-state index in [0.29, 0.717) is 6.54 Å². The van der Waals surface area contributed by atoms with Crippen molar-refractivity contribution < 1.29 is 4.79 Å². The number of aromatic amines is 1.